The number of aromatic nitrogens is 2. The third-order valence-corrected chi connectivity index (χ3v) is 3.55. The number of benzene rings is 1. The maximum absolute atomic E-state index is 5.78. The fourth-order valence-electron chi connectivity index (χ4n) is 2.73. The monoisotopic (exact) mass is 254 g/mol. The van der Waals surface area contributed by atoms with E-state index in [0.29, 0.717) is 12.5 Å². The Labute approximate surface area is 113 Å². The fraction of sp³-hybridized carbons (Fsp3) is 0.333. The quantitative estimate of drug-likeness (QED) is 0.893. The Balaban J connectivity index is 2.10. The summed E-state index contributed by atoms with van der Waals surface area (Å²) in [5.41, 5.74) is 9.24. The standard InChI is InChI=1S/C15H18N4/c1-11-8-12-4-2-3-5-14(12)19(10-11)15-13(9-16)17-6-7-18-15/h2-7,11H,8-10,16H2,1H3. The highest BCUT2D eigenvalue weighted by Crippen LogP contribution is 2.34. The second-order valence-electron chi connectivity index (χ2n) is 5.08. The van der Waals surface area contributed by atoms with E-state index in [-0.39, 0.29) is 0 Å². The van der Waals surface area contributed by atoms with Crippen molar-refractivity contribution in [2.24, 2.45) is 11.7 Å². The molecular formula is C15H18N4. The Bertz CT molecular complexity index is 582. The van der Waals surface area contributed by atoms with Crippen LogP contribution in [-0.4, -0.2) is 16.5 Å². The van der Waals surface area contributed by atoms with Gasteiger partial charge in [0, 0.05) is 31.2 Å². The molecule has 0 aliphatic carbocycles. The fourth-order valence-corrected chi connectivity index (χ4v) is 2.73. The SMILES string of the molecule is CC1Cc2ccccc2N(c2nccnc2CN)C1. The van der Waals surface area contributed by atoms with Crippen molar-refractivity contribution in [2.75, 3.05) is 11.4 Å². The van der Waals surface area contributed by atoms with E-state index in [4.69, 9.17) is 5.73 Å². The molecule has 0 radical (unpaired) electrons. The van der Waals surface area contributed by atoms with Gasteiger partial charge in [0.2, 0.25) is 0 Å². The van der Waals surface area contributed by atoms with Crippen LogP contribution in [0.25, 0.3) is 0 Å². The first kappa shape index (κ1) is 12.1. The van der Waals surface area contributed by atoms with Crippen molar-refractivity contribution in [2.45, 2.75) is 19.9 Å². The molecule has 1 aliphatic rings. The van der Waals surface area contributed by atoms with Crippen LogP contribution in [-0.2, 0) is 13.0 Å². The summed E-state index contributed by atoms with van der Waals surface area (Å²) in [6.07, 6.45) is 4.55. The third kappa shape index (κ3) is 2.19. The lowest BCUT2D eigenvalue weighted by Crippen LogP contribution is -2.32. The first-order valence-corrected chi connectivity index (χ1v) is 6.65. The lowest BCUT2D eigenvalue weighted by Gasteiger charge is -2.34. The second kappa shape index (κ2) is 4.97. The number of hydrogen-bond acceptors (Lipinski definition) is 4. The van der Waals surface area contributed by atoms with Gasteiger partial charge in [-0.3, -0.25) is 4.98 Å². The van der Waals surface area contributed by atoms with E-state index in [0.717, 1.165) is 24.5 Å². The average molecular weight is 254 g/mol. The van der Waals surface area contributed by atoms with Gasteiger partial charge in [0.05, 0.1) is 5.69 Å². The highest BCUT2D eigenvalue weighted by molar-refractivity contribution is 5.66. The molecule has 4 heteroatoms. The zero-order valence-corrected chi connectivity index (χ0v) is 11.1. The van der Waals surface area contributed by atoms with Gasteiger partial charge in [0.15, 0.2) is 5.82 Å². The third-order valence-electron chi connectivity index (χ3n) is 3.55. The van der Waals surface area contributed by atoms with Crippen LogP contribution in [0, 0.1) is 5.92 Å². The van der Waals surface area contributed by atoms with Crippen LogP contribution in [0.1, 0.15) is 18.2 Å². The summed E-state index contributed by atoms with van der Waals surface area (Å²) in [6, 6.07) is 8.50. The number of nitrogens with zero attached hydrogens (tertiary/aromatic N) is 3. The highest BCUT2D eigenvalue weighted by Gasteiger charge is 2.24. The largest absolute Gasteiger partial charge is 0.325 e. The summed E-state index contributed by atoms with van der Waals surface area (Å²) in [4.78, 5) is 11.1. The van der Waals surface area contributed by atoms with E-state index >= 15 is 0 Å². The van der Waals surface area contributed by atoms with E-state index in [1.165, 1.54) is 11.3 Å². The van der Waals surface area contributed by atoms with Gasteiger partial charge in [-0.05, 0) is 24.0 Å². The Kier molecular flexibility index (Phi) is 3.17. The summed E-state index contributed by atoms with van der Waals surface area (Å²) in [5.74, 6) is 1.49. The first-order chi connectivity index (χ1) is 9.29. The Hall–Kier alpha value is -1.94. The molecule has 3 rings (SSSR count). The number of rotatable bonds is 2. The molecule has 0 amide bonds. The predicted molar refractivity (Wildman–Crippen MR) is 76.2 cm³/mol. The van der Waals surface area contributed by atoms with Gasteiger partial charge in [-0.25, -0.2) is 4.98 Å². The molecule has 2 N–H and O–H groups in total. The molecule has 19 heavy (non-hydrogen) atoms. The highest BCUT2D eigenvalue weighted by atomic mass is 15.2. The number of fused-ring (bicyclic) bond motifs is 1. The second-order valence-corrected chi connectivity index (χ2v) is 5.08. The van der Waals surface area contributed by atoms with Crippen LogP contribution >= 0.6 is 0 Å². The Morgan fingerprint density at radius 3 is 2.89 bits per heavy atom. The van der Waals surface area contributed by atoms with Crippen LogP contribution in [0.5, 0.6) is 0 Å². The van der Waals surface area contributed by atoms with Gasteiger partial charge in [-0.1, -0.05) is 25.1 Å². The number of nitrogens with two attached hydrogens (primary N) is 1. The summed E-state index contributed by atoms with van der Waals surface area (Å²) in [7, 11) is 0. The maximum Gasteiger partial charge on any atom is 0.156 e. The van der Waals surface area contributed by atoms with Gasteiger partial charge >= 0.3 is 0 Å². The topological polar surface area (TPSA) is 55.0 Å². The van der Waals surface area contributed by atoms with Crippen LogP contribution in [0.3, 0.4) is 0 Å². The first-order valence-electron chi connectivity index (χ1n) is 6.65. The van der Waals surface area contributed by atoms with Crippen molar-refractivity contribution in [3.63, 3.8) is 0 Å². The number of anilines is 2. The summed E-state index contributed by atoms with van der Waals surface area (Å²) in [5, 5.41) is 0. The molecule has 0 saturated carbocycles. The molecule has 2 aromatic rings. The van der Waals surface area contributed by atoms with E-state index in [2.05, 4.69) is 46.1 Å². The Morgan fingerprint density at radius 1 is 1.26 bits per heavy atom. The van der Waals surface area contributed by atoms with Gasteiger partial charge in [-0.15, -0.1) is 0 Å². The van der Waals surface area contributed by atoms with E-state index < -0.39 is 0 Å². The maximum atomic E-state index is 5.78. The van der Waals surface area contributed by atoms with Crippen molar-refractivity contribution in [1.82, 2.24) is 9.97 Å². The van der Waals surface area contributed by atoms with Crippen LogP contribution < -0.4 is 10.6 Å². The van der Waals surface area contributed by atoms with E-state index in [9.17, 15) is 0 Å². The zero-order chi connectivity index (χ0) is 13.2. The molecule has 1 atom stereocenters. The van der Waals surface area contributed by atoms with Crippen LogP contribution in [0.2, 0.25) is 0 Å². The Morgan fingerprint density at radius 2 is 2.05 bits per heavy atom. The van der Waals surface area contributed by atoms with Crippen LogP contribution in [0.4, 0.5) is 11.5 Å². The van der Waals surface area contributed by atoms with Crippen molar-refractivity contribution in [1.29, 1.82) is 0 Å². The zero-order valence-electron chi connectivity index (χ0n) is 11.1. The minimum atomic E-state index is 0.413. The molecule has 0 saturated heterocycles. The van der Waals surface area contributed by atoms with Crippen molar-refractivity contribution >= 4 is 11.5 Å². The summed E-state index contributed by atoms with van der Waals surface area (Å²) >= 11 is 0. The van der Waals surface area contributed by atoms with Gasteiger partial charge in [0.1, 0.15) is 0 Å². The molecule has 1 aliphatic heterocycles. The van der Waals surface area contributed by atoms with Crippen molar-refractivity contribution in [3.05, 3.63) is 47.9 Å². The normalized spacial score (nSPS) is 18.2. The molecule has 1 aromatic carbocycles. The molecule has 2 heterocycles. The average Bonchev–Trinajstić information content (AvgIpc) is 2.46. The lowest BCUT2D eigenvalue weighted by molar-refractivity contribution is 0.558. The molecule has 1 aromatic heterocycles. The smallest absolute Gasteiger partial charge is 0.156 e. The summed E-state index contributed by atoms with van der Waals surface area (Å²) < 4.78 is 0. The number of para-hydroxylation sites is 1. The molecule has 1 unspecified atom stereocenters. The van der Waals surface area contributed by atoms with Gasteiger partial charge < -0.3 is 10.6 Å². The molecule has 98 valence electrons. The van der Waals surface area contributed by atoms with Gasteiger partial charge in [-0.2, -0.15) is 0 Å². The summed E-state index contributed by atoms with van der Waals surface area (Å²) in [6.45, 7) is 3.64. The molecule has 0 bridgehead atoms. The lowest BCUT2D eigenvalue weighted by atomic mass is 9.94. The van der Waals surface area contributed by atoms with E-state index in [1.54, 1.807) is 12.4 Å². The van der Waals surface area contributed by atoms with Crippen molar-refractivity contribution in [3.8, 4) is 0 Å². The number of hydrogen-bond donors (Lipinski definition) is 1. The van der Waals surface area contributed by atoms with Crippen molar-refractivity contribution < 1.29 is 0 Å². The minimum absolute atomic E-state index is 0.413. The molecule has 0 spiro atoms. The molecular weight excluding hydrogens is 236 g/mol. The minimum Gasteiger partial charge on any atom is -0.325 e. The van der Waals surface area contributed by atoms with Crippen LogP contribution in [0.15, 0.2) is 36.7 Å². The van der Waals surface area contributed by atoms with E-state index in [1.807, 2.05) is 0 Å². The molecule has 0 fully saturated rings. The molecule has 4 nitrogen and oxygen atoms in total. The van der Waals surface area contributed by atoms with Gasteiger partial charge in [0.25, 0.3) is 0 Å². The predicted octanol–water partition coefficient (Wildman–Crippen LogP) is 2.27.